The number of hydrogen-bond donors (Lipinski definition) is 2. The summed E-state index contributed by atoms with van der Waals surface area (Å²) in [5, 5.41) is 6.04. The van der Waals surface area contributed by atoms with Crippen LogP contribution in [0.5, 0.6) is 5.75 Å². The molecule has 2 N–H and O–H groups in total. The van der Waals surface area contributed by atoms with Gasteiger partial charge in [-0.3, -0.25) is 4.79 Å². The molecule has 2 aromatic rings. The van der Waals surface area contributed by atoms with Crippen molar-refractivity contribution >= 4 is 11.9 Å². The van der Waals surface area contributed by atoms with Gasteiger partial charge in [0.1, 0.15) is 5.75 Å². The normalized spacial score (nSPS) is 17.0. The van der Waals surface area contributed by atoms with Crippen molar-refractivity contribution < 1.29 is 14.3 Å². The average Bonchev–Trinajstić information content (AvgIpc) is 2.83. The minimum atomic E-state index is -0.0825. The van der Waals surface area contributed by atoms with Crippen LogP contribution in [0, 0.1) is 0 Å². The third-order valence-corrected chi connectivity index (χ3v) is 5.89. The molecule has 2 aromatic carbocycles. The van der Waals surface area contributed by atoms with E-state index in [-0.39, 0.29) is 23.9 Å². The lowest BCUT2D eigenvalue weighted by Crippen LogP contribution is -2.44. The summed E-state index contributed by atoms with van der Waals surface area (Å²) in [5.41, 5.74) is 2.82. The highest BCUT2D eigenvalue weighted by molar-refractivity contribution is 5.94. The molecule has 3 rings (SSSR count). The van der Waals surface area contributed by atoms with E-state index in [0.29, 0.717) is 18.7 Å². The van der Waals surface area contributed by atoms with Gasteiger partial charge >= 0.3 is 6.03 Å². The monoisotopic (exact) mass is 423 g/mol. The Morgan fingerprint density at radius 2 is 1.94 bits per heavy atom. The summed E-state index contributed by atoms with van der Waals surface area (Å²) < 4.78 is 5.22. The van der Waals surface area contributed by atoms with E-state index in [1.54, 1.807) is 7.11 Å². The second-order valence-corrected chi connectivity index (χ2v) is 7.95. The van der Waals surface area contributed by atoms with Gasteiger partial charge in [-0.15, -0.1) is 0 Å². The van der Waals surface area contributed by atoms with Crippen molar-refractivity contribution in [3.8, 4) is 5.75 Å². The van der Waals surface area contributed by atoms with Crippen LogP contribution >= 0.6 is 0 Å². The molecule has 0 spiro atoms. The van der Waals surface area contributed by atoms with E-state index in [1.165, 1.54) is 0 Å². The molecule has 31 heavy (non-hydrogen) atoms. The Balaban J connectivity index is 1.69. The first kappa shape index (κ1) is 22.7. The summed E-state index contributed by atoms with van der Waals surface area (Å²) in [6, 6.07) is 15.5. The topological polar surface area (TPSA) is 70.7 Å². The number of piperidine rings is 1. The summed E-state index contributed by atoms with van der Waals surface area (Å²) in [4.78, 5) is 27.1. The fourth-order valence-corrected chi connectivity index (χ4v) is 4.13. The number of ether oxygens (including phenoxy) is 1. The lowest BCUT2D eigenvalue weighted by Gasteiger charge is -2.33. The smallest absolute Gasteiger partial charge is 0.317 e. The van der Waals surface area contributed by atoms with Gasteiger partial charge < -0.3 is 20.3 Å². The number of nitrogens with zero attached hydrogens (tertiary/aromatic N) is 1. The van der Waals surface area contributed by atoms with E-state index < -0.39 is 0 Å². The molecule has 0 aromatic heterocycles. The molecule has 0 bridgehead atoms. The Labute approximate surface area is 185 Å². The van der Waals surface area contributed by atoms with Crippen LogP contribution in [-0.4, -0.2) is 43.6 Å². The first-order valence-corrected chi connectivity index (χ1v) is 11.1. The quantitative estimate of drug-likeness (QED) is 0.690. The number of methoxy groups -OCH3 is 1. The van der Waals surface area contributed by atoms with Crippen LogP contribution in [0.4, 0.5) is 4.79 Å². The molecule has 1 fully saturated rings. The van der Waals surface area contributed by atoms with Gasteiger partial charge in [-0.05, 0) is 61.6 Å². The molecular weight excluding hydrogens is 390 g/mol. The fourth-order valence-electron chi connectivity index (χ4n) is 4.13. The lowest BCUT2D eigenvalue weighted by molar-refractivity contribution is 0.0935. The summed E-state index contributed by atoms with van der Waals surface area (Å²) in [5.74, 6) is 0.959. The first-order chi connectivity index (χ1) is 15.0. The van der Waals surface area contributed by atoms with Crippen molar-refractivity contribution in [2.45, 2.75) is 45.1 Å². The van der Waals surface area contributed by atoms with Crippen LogP contribution < -0.4 is 15.4 Å². The Kier molecular flexibility index (Phi) is 7.93. The van der Waals surface area contributed by atoms with E-state index in [9.17, 15) is 9.59 Å². The Morgan fingerprint density at radius 1 is 1.16 bits per heavy atom. The van der Waals surface area contributed by atoms with Crippen LogP contribution in [0.25, 0.3) is 0 Å². The van der Waals surface area contributed by atoms with Crippen LogP contribution in [0.15, 0.2) is 48.5 Å². The van der Waals surface area contributed by atoms with Gasteiger partial charge in [0.2, 0.25) is 0 Å². The maximum absolute atomic E-state index is 13.0. The summed E-state index contributed by atoms with van der Waals surface area (Å²) in [6.07, 6.45) is 2.78. The number of rotatable bonds is 7. The molecule has 1 aliphatic rings. The van der Waals surface area contributed by atoms with Crippen molar-refractivity contribution in [2.24, 2.45) is 0 Å². The molecule has 0 aliphatic carbocycles. The summed E-state index contributed by atoms with van der Waals surface area (Å²) in [7, 11) is 1.64. The van der Waals surface area contributed by atoms with E-state index in [0.717, 1.165) is 42.7 Å². The van der Waals surface area contributed by atoms with Gasteiger partial charge in [-0.1, -0.05) is 31.2 Å². The largest absolute Gasteiger partial charge is 0.497 e. The molecule has 6 nitrogen and oxygen atoms in total. The van der Waals surface area contributed by atoms with Crippen LogP contribution in [0.3, 0.4) is 0 Å². The van der Waals surface area contributed by atoms with E-state index in [2.05, 4.69) is 23.6 Å². The van der Waals surface area contributed by atoms with Gasteiger partial charge in [0, 0.05) is 31.1 Å². The number of amides is 3. The highest BCUT2D eigenvalue weighted by atomic mass is 16.5. The van der Waals surface area contributed by atoms with E-state index in [1.807, 2.05) is 54.3 Å². The van der Waals surface area contributed by atoms with Crippen LogP contribution in [0.1, 0.15) is 66.6 Å². The molecule has 6 heteroatoms. The molecule has 0 saturated carbocycles. The van der Waals surface area contributed by atoms with Crippen LogP contribution in [0.2, 0.25) is 0 Å². The highest BCUT2D eigenvalue weighted by Crippen LogP contribution is 2.28. The second-order valence-electron chi connectivity index (χ2n) is 7.95. The molecule has 1 heterocycles. The van der Waals surface area contributed by atoms with Crippen molar-refractivity contribution in [2.75, 3.05) is 26.7 Å². The van der Waals surface area contributed by atoms with Gasteiger partial charge in [-0.25, -0.2) is 4.79 Å². The number of likely N-dealkylation sites (tertiary alicyclic amines) is 1. The molecule has 166 valence electrons. The van der Waals surface area contributed by atoms with Crippen molar-refractivity contribution in [3.05, 3.63) is 65.2 Å². The van der Waals surface area contributed by atoms with Gasteiger partial charge in [0.05, 0.1) is 13.2 Å². The molecule has 3 amide bonds. The number of benzene rings is 2. The maximum Gasteiger partial charge on any atom is 0.317 e. The number of urea groups is 1. The molecule has 1 aliphatic heterocycles. The van der Waals surface area contributed by atoms with Crippen molar-refractivity contribution in [1.82, 2.24) is 15.5 Å². The van der Waals surface area contributed by atoms with Gasteiger partial charge in [0.15, 0.2) is 0 Å². The van der Waals surface area contributed by atoms with Crippen molar-refractivity contribution in [1.29, 1.82) is 0 Å². The Hall–Kier alpha value is -3.02. The summed E-state index contributed by atoms with van der Waals surface area (Å²) in [6.45, 7) is 6.08. The average molecular weight is 424 g/mol. The standard InChI is InChI=1S/C25H33N3O3/c1-4-23(18-11-13-22(31-3)14-12-18)27-24(29)20-9-6-8-19(16-20)21-10-7-15-28(17-21)25(30)26-5-2/h6,8-9,11-14,16,21,23H,4-5,7,10,15,17H2,1-3H3,(H,26,30)(H,27,29)/t21-,23+/m0/s1. The zero-order valence-corrected chi connectivity index (χ0v) is 18.7. The molecular formula is C25H33N3O3. The minimum Gasteiger partial charge on any atom is -0.497 e. The minimum absolute atomic E-state index is 0.00798. The third-order valence-electron chi connectivity index (χ3n) is 5.89. The van der Waals surface area contributed by atoms with Gasteiger partial charge in [0.25, 0.3) is 5.91 Å². The highest BCUT2D eigenvalue weighted by Gasteiger charge is 2.25. The lowest BCUT2D eigenvalue weighted by atomic mass is 9.89. The first-order valence-electron chi connectivity index (χ1n) is 11.1. The Bertz CT molecular complexity index is 882. The van der Waals surface area contributed by atoms with Crippen molar-refractivity contribution in [3.63, 3.8) is 0 Å². The van der Waals surface area contributed by atoms with E-state index in [4.69, 9.17) is 4.74 Å². The summed E-state index contributed by atoms with van der Waals surface area (Å²) >= 11 is 0. The maximum atomic E-state index is 13.0. The predicted octanol–water partition coefficient (Wildman–Crippen LogP) is 4.49. The van der Waals surface area contributed by atoms with Gasteiger partial charge in [-0.2, -0.15) is 0 Å². The van der Waals surface area contributed by atoms with Crippen LogP contribution in [-0.2, 0) is 0 Å². The second kappa shape index (κ2) is 10.8. The molecule has 0 unspecified atom stereocenters. The Morgan fingerprint density at radius 3 is 2.61 bits per heavy atom. The number of carbonyl (C=O) groups excluding carboxylic acids is 2. The zero-order valence-electron chi connectivity index (χ0n) is 18.7. The number of carbonyl (C=O) groups is 2. The number of hydrogen-bond acceptors (Lipinski definition) is 3. The molecule has 0 radical (unpaired) electrons. The van der Waals surface area contributed by atoms with E-state index >= 15 is 0 Å². The number of nitrogens with one attached hydrogen (secondary N) is 2. The molecule has 2 atom stereocenters. The third kappa shape index (κ3) is 5.78. The SMILES string of the molecule is CCNC(=O)N1CCC[C@H](c2cccc(C(=O)N[C@H](CC)c3ccc(OC)cc3)c2)C1. The molecule has 1 saturated heterocycles. The fraction of sp³-hybridized carbons (Fsp3) is 0.440. The predicted molar refractivity (Wildman–Crippen MR) is 123 cm³/mol. The zero-order chi connectivity index (χ0) is 22.2.